The van der Waals surface area contributed by atoms with E-state index in [0.29, 0.717) is 22.8 Å². The molecule has 2 aromatic rings. The summed E-state index contributed by atoms with van der Waals surface area (Å²) in [5.41, 5.74) is 2.15. The van der Waals surface area contributed by atoms with Gasteiger partial charge >= 0.3 is 0 Å². The molecule has 0 radical (unpaired) electrons. The second kappa shape index (κ2) is 6.21. The van der Waals surface area contributed by atoms with Crippen molar-refractivity contribution in [1.82, 2.24) is 14.8 Å². The van der Waals surface area contributed by atoms with Gasteiger partial charge in [-0.1, -0.05) is 11.8 Å². The number of carbonyl (C=O) groups excluding carboxylic acids is 1. The van der Waals surface area contributed by atoms with Crippen molar-refractivity contribution >= 4 is 33.3 Å². The number of hydrogen-bond acceptors (Lipinski definition) is 6. The molecule has 2 heterocycles. The topological polar surface area (TPSA) is 85.2 Å². The molecule has 0 saturated heterocycles. The number of thioether (sulfide) groups is 1. The summed E-state index contributed by atoms with van der Waals surface area (Å²) in [6.07, 6.45) is 3.40. The van der Waals surface area contributed by atoms with Crippen LogP contribution in [0.3, 0.4) is 0 Å². The number of sulfonamides is 1. The summed E-state index contributed by atoms with van der Waals surface area (Å²) in [7, 11) is -1.49. The van der Waals surface area contributed by atoms with Crippen LogP contribution < -0.4 is 4.31 Å². The number of benzene rings is 1. The number of hydrogen-bond donors (Lipinski definition) is 0. The predicted octanol–water partition coefficient (Wildman–Crippen LogP) is 1.50. The van der Waals surface area contributed by atoms with Crippen LogP contribution in [-0.2, 0) is 23.5 Å². The third kappa shape index (κ3) is 3.18. The average Bonchev–Trinajstić information content (AvgIpc) is 3.05. The van der Waals surface area contributed by atoms with Crippen molar-refractivity contribution in [3.8, 4) is 0 Å². The number of fused-ring (bicyclic) bond motifs is 1. The third-order valence-electron chi connectivity index (χ3n) is 3.91. The van der Waals surface area contributed by atoms with Gasteiger partial charge in [-0.2, -0.15) is 0 Å². The van der Waals surface area contributed by atoms with Crippen LogP contribution in [0.2, 0.25) is 0 Å². The maximum Gasteiger partial charge on any atom is 0.232 e. The van der Waals surface area contributed by atoms with Gasteiger partial charge in [0.2, 0.25) is 10.0 Å². The van der Waals surface area contributed by atoms with Gasteiger partial charge in [0, 0.05) is 18.7 Å². The lowest BCUT2D eigenvalue weighted by molar-refractivity contribution is 0.102. The maximum atomic E-state index is 12.4. The van der Waals surface area contributed by atoms with Crippen LogP contribution in [0.1, 0.15) is 22.8 Å². The van der Waals surface area contributed by atoms with Gasteiger partial charge in [0.05, 0.1) is 17.7 Å². The van der Waals surface area contributed by atoms with Crippen LogP contribution in [0.5, 0.6) is 0 Å². The Labute approximate surface area is 145 Å². The first-order valence-electron chi connectivity index (χ1n) is 7.39. The van der Waals surface area contributed by atoms with Gasteiger partial charge in [-0.3, -0.25) is 9.10 Å². The summed E-state index contributed by atoms with van der Waals surface area (Å²) in [6.45, 7) is 1.87. The van der Waals surface area contributed by atoms with E-state index in [1.54, 1.807) is 29.1 Å². The molecule has 24 heavy (non-hydrogen) atoms. The molecular weight excluding hydrogens is 348 g/mol. The second-order valence-corrected chi connectivity index (χ2v) is 8.69. The SMILES string of the molecule is C[C@H]1Cc2cc(C(=O)CSc3nncn3C)ccc2N1S(C)(=O)=O. The average molecular weight is 366 g/mol. The van der Waals surface area contributed by atoms with Crippen LogP contribution in [0.25, 0.3) is 0 Å². The van der Waals surface area contributed by atoms with Crippen molar-refractivity contribution in [3.63, 3.8) is 0 Å². The summed E-state index contributed by atoms with van der Waals surface area (Å²) < 4.78 is 27.0. The normalized spacial score (nSPS) is 17.1. The number of ketones is 1. The third-order valence-corrected chi connectivity index (χ3v) is 6.22. The number of aryl methyl sites for hydroxylation is 1. The van der Waals surface area contributed by atoms with E-state index < -0.39 is 10.0 Å². The minimum Gasteiger partial charge on any atom is -0.312 e. The van der Waals surface area contributed by atoms with Crippen molar-refractivity contribution < 1.29 is 13.2 Å². The molecule has 0 amide bonds. The fourth-order valence-corrected chi connectivity index (χ4v) is 4.94. The van der Waals surface area contributed by atoms with E-state index >= 15 is 0 Å². The predicted molar refractivity (Wildman–Crippen MR) is 93.0 cm³/mol. The standard InChI is InChI=1S/C15H18N4O3S2/c1-10-6-12-7-11(4-5-13(12)19(10)24(3,21)22)14(20)8-23-15-17-16-9-18(15)2/h4-5,7,9-10H,6,8H2,1-3H3/t10-/m0/s1. The monoisotopic (exact) mass is 366 g/mol. The van der Waals surface area contributed by atoms with Gasteiger partial charge in [-0.05, 0) is 37.1 Å². The Hall–Kier alpha value is -1.87. The molecule has 0 fully saturated rings. The summed E-state index contributed by atoms with van der Waals surface area (Å²) in [6, 6.07) is 5.08. The molecule has 3 rings (SSSR count). The molecule has 128 valence electrons. The van der Waals surface area contributed by atoms with Crippen molar-refractivity contribution in [2.45, 2.75) is 24.5 Å². The Balaban J connectivity index is 1.79. The van der Waals surface area contributed by atoms with Crippen LogP contribution in [0.15, 0.2) is 29.7 Å². The Morgan fingerprint density at radius 1 is 1.42 bits per heavy atom. The largest absolute Gasteiger partial charge is 0.312 e. The fraction of sp³-hybridized carbons (Fsp3) is 0.400. The minimum atomic E-state index is -3.32. The van der Waals surface area contributed by atoms with Crippen molar-refractivity contribution in [1.29, 1.82) is 0 Å². The molecule has 1 aliphatic rings. The highest BCUT2D eigenvalue weighted by atomic mass is 32.2. The lowest BCUT2D eigenvalue weighted by atomic mass is 10.0. The number of Topliss-reactive ketones (excluding diaryl/α,β-unsaturated/α-hetero) is 1. The number of aromatic nitrogens is 3. The molecule has 9 heteroatoms. The van der Waals surface area contributed by atoms with E-state index in [2.05, 4.69) is 10.2 Å². The molecule has 0 bridgehead atoms. The summed E-state index contributed by atoms with van der Waals surface area (Å²) in [5, 5.41) is 8.40. The molecule has 7 nitrogen and oxygen atoms in total. The van der Waals surface area contributed by atoms with Crippen LogP contribution in [0, 0.1) is 0 Å². The summed E-state index contributed by atoms with van der Waals surface area (Å²) in [5.74, 6) is 0.243. The molecule has 0 N–H and O–H groups in total. The van der Waals surface area contributed by atoms with E-state index in [1.807, 2.05) is 14.0 Å². The number of carbonyl (C=O) groups is 1. The van der Waals surface area contributed by atoms with E-state index in [1.165, 1.54) is 22.3 Å². The zero-order chi connectivity index (χ0) is 17.5. The van der Waals surface area contributed by atoms with Crippen LogP contribution in [-0.4, -0.2) is 47.0 Å². The van der Waals surface area contributed by atoms with Crippen molar-refractivity contribution in [2.75, 3.05) is 16.3 Å². The van der Waals surface area contributed by atoms with Crippen LogP contribution in [0.4, 0.5) is 5.69 Å². The van der Waals surface area contributed by atoms with E-state index in [9.17, 15) is 13.2 Å². The molecule has 1 atom stereocenters. The second-order valence-electron chi connectivity index (χ2n) is 5.89. The minimum absolute atomic E-state index is 0.0174. The van der Waals surface area contributed by atoms with E-state index in [0.717, 1.165) is 5.56 Å². The molecule has 1 aliphatic heterocycles. The number of anilines is 1. The van der Waals surface area contributed by atoms with Gasteiger partial charge in [0.1, 0.15) is 6.33 Å². The zero-order valence-electron chi connectivity index (χ0n) is 13.6. The van der Waals surface area contributed by atoms with Gasteiger partial charge in [-0.25, -0.2) is 8.42 Å². The van der Waals surface area contributed by atoms with Gasteiger partial charge in [0.15, 0.2) is 10.9 Å². The Bertz CT molecular complexity index is 892. The first-order chi connectivity index (χ1) is 11.3. The quantitative estimate of drug-likeness (QED) is 0.589. The molecule has 0 unspecified atom stereocenters. The molecule has 0 aliphatic carbocycles. The highest BCUT2D eigenvalue weighted by Gasteiger charge is 2.32. The molecule has 0 saturated carbocycles. The Kier molecular flexibility index (Phi) is 4.39. The highest BCUT2D eigenvalue weighted by molar-refractivity contribution is 7.99. The highest BCUT2D eigenvalue weighted by Crippen LogP contribution is 2.35. The number of rotatable bonds is 5. The van der Waals surface area contributed by atoms with Crippen LogP contribution >= 0.6 is 11.8 Å². The summed E-state index contributed by atoms with van der Waals surface area (Å²) >= 11 is 1.33. The first-order valence-corrected chi connectivity index (χ1v) is 10.2. The number of nitrogens with zero attached hydrogens (tertiary/aromatic N) is 4. The lowest BCUT2D eigenvalue weighted by Crippen LogP contribution is -2.34. The molecule has 0 spiro atoms. The Morgan fingerprint density at radius 3 is 2.79 bits per heavy atom. The van der Waals surface area contributed by atoms with Gasteiger partial charge in [-0.15, -0.1) is 10.2 Å². The molecule has 1 aromatic carbocycles. The lowest BCUT2D eigenvalue weighted by Gasteiger charge is -2.21. The summed E-state index contributed by atoms with van der Waals surface area (Å²) in [4.78, 5) is 12.4. The van der Waals surface area contributed by atoms with Crippen molar-refractivity contribution in [3.05, 3.63) is 35.7 Å². The van der Waals surface area contributed by atoms with Gasteiger partial charge in [0.25, 0.3) is 0 Å². The first kappa shape index (κ1) is 17.0. The maximum absolute atomic E-state index is 12.4. The fourth-order valence-electron chi connectivity index (χ4n) is 2.90. The Morgan fingerprint density at radius 2 is 2.17 bits per heavy atom. The molecular formula is C15H18N4O3S2. The van der Waals surface area contributed by atoms with Crippen molar-refractivity contribution in [2.24, 2.45) is 7.05 Å². The van der Waals surface area contributed by atoms with Gasteiger partial charge < -0.3 is 4.57 Å². The smallest absolute Gasteiger partial charge is 0.232 e. The van der Waals surface area contributed by atoms with E-state index in [4.69, 9.17) is 0 Å². The van der Waals surface area contributed by atoms with E-state index in [-0.39, 0.29) is 17.6 Å². The zero-order valence-corrected chi connectivity index (χ0v) is 15.3. The molecule has 1 aromatic heterocycles.